The molecule has 1 amide bonds. The number of carbonyl (C=O) groups is 1. The van der Waals surface area contributed by atoms with Gasteiger partial charge in [-0.3, -0.25) is 4.79 Å². The Morgan fingerprint density at radius 1 is 1.30 bits per heavy atom. The van der Waals surface area contributed by atoms with Gasteiger partial charge in [0.15, 0.2) is 0 Å². The second-order valence-corrected chi connectivity index (χ2v) is 4.39. The normalized spacial score (nSPS) is 10.5. The predicted octanol–water partition coefficient (Wildman–Crippen LogP) is 3.40. The number of amides is 1. The highest BCUT2D eigenvalue weighted by Gasteiger charge is 1.99. The van der Waals surface area contributed by atoms with Gasteiger partial charge in [-0.05, 0) is 35.9 Å². The molecule has 0 fully saturated rings. The van der Waals surface area contributed by atoms with Crippen LogP contribution in [-0.2, 0) is 4.79 Å². The van der Waals surface area contributed by atoms with Crippen LogP contribution in [0, 0.1) is 0 Å². The first-order valence-corrected chi connectivity index (χ1v) is 6.30. The Labute approximate surface area is 122 Å². The number of halogens is 1. The molecule has 0 unspecified atom stereocenters. The van der Waals surface area contributed by atoms with E-state index in [1.165, 1.54) is 12.3 Å². The summed E-state index contributed by atoms with van der Waals surface area (Å²) in [5, 5.41) is 3.15. The Balaban J connectivity index is 1.98. The average molecular weight is 289 g/mol. The lowest BCUT2D eigenvalue weighted by atomic mass is 10.2. The highest BCUT2D eigenvalue weighted by molar-refractivity contribution is 6.30. The summed E-state index contributed by atoms with van der Waals surface area (Å²) < 4.78 is 5.06. The van der Waals surface area contributed by atoms with Crippen LogP contribution in [0.3, 0.4) is 0 Å². The van der Waals surface area contributed by atoms with Gasteiger partial charge in [0.2, 0.25) is 5.91 Å². The average Bonchev–Trinajstić information content (AvgIpc) is 2.46. The molecule has 0 aliphatic heterocycles. The highest BCUT2D eigenvalue weighted by atomic mass is 35.5. The summed E-state index contributed by atoms with van der Waals surface area (Å²) in [6, 6.07) is 10.6. The van der Waals surface area contributed by atoms with E-state index in [0.29, 0.717) is 10.8 Å². The lowest BCUT2D eigenvalue weighted by molar-refractivity contribution is -0.111. The van der Waals surface area contributed by atoms with Crippen molar-refractivity contribution in [3.8, 4) is 5.75 Å². The summed E-state index contributed by atoms with van der Waals surface area (Å²) in [4.78, 5) is 15.7. The quantitative estimate of drug-likeness (QED) is 0.877. The van der Waals surface area contributed by atoms with E-state index in [4.69, 9.17) is 16.3 Å². The fourth-order valence-electron chi connectivity index (χ4n) is 1.53. The summed E-state index contributed by atoms with van der Waals surface area (Å²) in [6.45, 7) is 0. The van der Waals surface area contributed by atoms with E-state index in [9.17, 15) is 4.79 Å². The first-order chi connectivity index (χ1) is 9.67. The number of nitrogens with zero attached hydrogens (tertiary/aromatic N) is 1. The summed E-state index contributed by atoms with van der Waals surface area (Å²) in [7, 11) is 1.61. The number of rotatable bonds is 4. The predicted molar refractivity (Wildman–Crippen MR) is 79.9 cm³/mol. The van der Waals surface area contributed by atoms with Crippen molar-refractivity contribution in [2.45, 2.75) is 0 Å². The fraction of sp³-hybridized carbons (Fsp3) is 0.0667. The van der Waals surface area contributed by atoms with Crippen molar-refractivity contribution in [1.29, 1.82) is 0 Å². The molecular weight excluding hydrogens is 276 g/mol. The summed E-state index contributed by atoms with van der Waals surface area (Å²) in [5.74, 6) is 0.923. The van der Waals surface area contributed by atoms with Gasteiger partial charge in [-0.25, -0.2) is 4.98 Å². The molecule has 1 heterocycles. The monoisotopic (exact) mass is 288 g/mol. The third-order valence-corrected chi connectivity index (χ3v) is 2.75. The van der Waals surface area contributed by atoms with Crippen molar-refractivity contribution < 1.29 is 9.53 Å². The molecule has 2 rings (SSSR count). The van der Waals surface area contributed by atoms with Crippen LogP contribution in [-0.4, -0.2) is 18.0 Å². The molecule has 0 aliphatic carbocycles. The van der Waals surface area contributed by atoms with Gasteiger partial charge in [-0.15, -0.1) is 0 Å². The highest BCUT2D eigenvalue weighted by Crippen LogP contribution is 2.13. The van der Waals surface area contributed by atoms with Crippen LogP contribution in [0.15, 0.2) is 48.7 Å². The van der Waals surface area contributed by atoms with E-state index in [2.05, 4.69) is 10.3 Å². The summed E-state index contributed by atoms with van der Waals surface area (Å²) in [6.07, 6.45) is 4.68. The number of pyridine rings is 1. The number of carbonyl (C=O) groups excluding carboxylic acids is 1. The third kappa shape index (κ3) is 4.10. The van der Waals surface area contributed by atoms with Gasteiger partial charge in [-0.2, -0.15) is 0 Å². The van der Waals surface area contributed by atoms with Crippen LogP contribution in [0.1, 0.15) is 5.56 Å². The number of nitrogens with one attached hydrogen (secondary N) is 1. The first kappa shape index (κ1) is 14.1. The maximum atomic E-state index is 11.7. The maximum absolute atomic E-state index is 11.7. The number of aromatic nitrogens is 1. The number of ether oxygens (including phenoxy) is 1. The van der Waals surface area contributed by atoms with Crippen LogP contribution in [0.5, 0.6) is 5.75 Å². The smallest absolute Gasteiger partial charge is 0.249 e. The van der Waals surface area contributed by atoms with Gasteiger partial charge in [-0.1, -0.05) is 23.7 Å². The lowest BCUT2D eigenvalue weighted by Crippen LogP contribution is -2.08. The Morgan fingerprint density at radius 2 is 2.05 bits per heavy atom. The van der Waals surface area contributed by atoms with E-state index < -0.39 is 0 Å². The Bertz CT molecular complexity index is 624. The van der Waals surface area contributed by atoms with Crippen molar-refractivity contribution in [3.63, 3.8) is 0 Å². The molecule has 4 nitrogen and oxygen atoms in total. The number of anilines is 1. The SMILES string of the molecule is COc1ccc(/C=C/C(=O)Nc2cc(Cl)ccn2)cc1. The zero-order valence-corrected chi connectivity index (χ0v) is 11.6. The fourth-order valence-corrected chi connectivity index (χ4v) is 1.69. The van der Waals surface area contributed by atoms with E-state index >= 15 is 0 Å². The van der Waals surface area contributed by atoms with Gasteiger partial charge < -0.3 is 10.1 Å². The van der Waals surface area contributed by atoms with Crippen molar-refractivity contribution in [3.05, 3.63) is 59.3 Å². The molecule has 0 saturated heterocycles. The van der Waals surface area contributed by atoms with Crippen molar-refractivity contribution in [1.82, 2.24) is 4.98 Å². The molecule has 1 aromatic carbocycles. The minimum atomic E-state index is -0.268. The number of hydrogen-bond donors (Lipinski definition) is 1. The molecule has 5 heteroatoms. The molecule has 0 saturated carbocycles. The van der Waals surface area contributed by atoms with E-state index in [1.807, 2.05) is 24.3 Å². The zero-order valence-electron chi connectivity index (χ0n) is 10.8. The number of methoxy groups -OCH3 is 1. The molecular formula is C15H13ClN2O2. The molecule has 2 aromatic rings. The van der Waals surface area contributed by atoms with E-state index in [1.54, 1.807) is 25.3 Å². The van der Waals surface area contributed by atoms with E-state index in [0.717, 1.165) is 11.3 Å². The van der Waals surface area contributed by atoms with Crippen LogP contribution in [0.4, 0.5) is 5.82 Å². The van der Waals surface area contributed by atoms with Gasteiger partial charge in [0.05, 0.1) is 7.11 Å². The first-order valence-electron chi connectivity index (χ1n) is 5.92. The summed E-state index contributed by atoms with van der Waals surface area (Å²) in [5.41, 5.74) is 0.903. The molecule has 0 bridgehead atoms. The minimum absolute atomic E-state index is 0.268. The van der Waals surface area contributed by atoms with Gasteiger partial charge in [0.1, 0.15) is 11.6 Å². The molecule has 0 aliphatic rings. The van der Waals surface area contributed by atoms with Gasteiger partial charge in [0.25, 0.3) is 0 Å². The van der Waals surface area contributed by atoms with Crippen molar-refractivity contribution in [2.75, 3.05) is 12.4 Å². The van der Waals surface area contributed by atoms with Gasteiger partial charge >= 0.3 is 0 Å². The summed E-state index contributed by atoms with van der Waals surface area (Å²) >= 11 is 5.81. The molecule has 0 atom stereocenters. The van der Waals surface area contributed by atoms with Crippen LogP contribution in [0.2, 0.25) is 5.02 Å². The number of benzene rings is 1. The van der Waals surface area contributed by atoms with E-state index in [-0.39, 0.29) is 5.91 Å². The Morgan fingerprint density at radius 3 is 2.70 bits per heavy atom. The Hall–Kier alpha value is -2.33. The third-order valence-electron chi connectivity index (χ3n) is 2.52. The van der Waals surface area contributed by atoms with Crippen LogP contribution in [0.25, 0.3) is 6.08 Å². The largest absolute Gasteiger partial charge is 0.497 e. The molecule has 0 radical (unpaired) electrons. The molecule has 102 valence electrons. The molecule has 20 heavy (non-hydrogen) atoms. The van der Waals surface area contributed by atoms with Crippen molar-refractivity contribution >= 4 is 29.4 Å². The van der Waals surface area contributed by atoms with Crippen LogP contribution >= 0.6 is 11.6 Å². The minimum Gasteiger partial charge on any atom is -0.497 e. The molecule has 0 spiro atoms. The Kier molecular flexibility index (Phi) is 4.74. The van der Waals surface area contributed by atoms with Crippen molar-refractivity contribution in [2.24, 2.45) is 0 Å². The number of hydrogen-bond acceptors (Lipinski definition) is 3. The topological polar surface area (TPSA) is 51.2 Å². The van der Waals surface area contributed by atoms with Crippen LogP contribution < -0.4 is 10.1 Å². The second kappa shape index (κ2) is 6.73. The molecule has 1 aromatic heterocycles. The standard InChI is InChI=1S/C15H13ClN2O2/c1-20-13-5-2-11(3-6-13)4-7-15(19)18-14-10-12(16)8-9-17-14/h2-10H,1H3,(H,17,18,19)/b7-4+. The van der Waals surface area contributed by atoms with Gasteiger partial charge in [0, 0.05) is 17.3 Å². The maximum Gasteiger partial charge on any atom is 0.249 e. The lowest BCUT2D eigenvalue weighted by Gasteiger charge is -2.01. The molecule has 1 N–H and O–H groups in total. The second-order valence-electron chi connectivity index (χ2n) is 3.96. The zero-order chi connectivity index (χ0) is 14.4.